The van der Waals surface area contributed by atoms with E-state index < -0.39 is 0 Å². The number of nitrogens with one attached hydrogen (secondary N) is 1. The van der Waals surface area contributed by atoms with Gasteiger partial charge in [-0.05, 0) is 73.7 Å². The van der Waals surface area contributed by atoms with Crippen molar-refractivity contribution in [3.63, 3.8) is 0 Å². The van der Waals surface area contributed by atoms with E-state index in [0.29, 0.717) is 0 Å². The molecule has 1 heteroatoms. The number of fused-ring (bicyclic) bond motifs is 1. The first-order chi connectivity index (χ1) is 9.19. The molecule has 1 aliphatic carbocycles. The third-order valence-corrected chi connectivity index (χ3v) is 4.18. The fraction of sp³-hybridized carbons (Fsp3) is 0.667. The highest BCUT2D eigenvalue weighted by Crippen LogP contribution is 2.25. The monoisotopic (exact) mass is 259 g/mol. The van der Waals surface area contributed by atoms with E-state index in [1.165, 1.54) is 32.1 Å². The van der Waals surface area contributed by atoms with Crippen LogP contribution in [0, 0.1) is 11.8 Å². The van der Waals surface area contributed by atoms with Crippen LogP contribution in [0.15, 0.2) is 18.2 Å². The number of hydrogen-bond donors (Lipinski definition) is 1. The first kappa shape index (κ1) is 14.6. The Balaban J connectivity index is 1.99. The Kier molecular flexibility index (Phi) is 5.45. The first-order valence-electron chi connectivity index (χ1n) is 8.00. The zero-order valence-electron chi connectivity index (χ0n) is 12.8. The van der Waals surface area contributed by atoms with Crippen molar-refractivity contribution in [2.75, 3.05) is 13.1 Å². The van der Waals surface area contributed by atoms with Gasteiger partial charge in [0.25, 0.3) is 0 Å². The second kappa shape index (κ2) is 7.09. The second-order valence-corrected chi connectivity index (χ2v) is 6.46. The van der Waals surface area contributed by atoms with E-state index >= 15 is 0 Å². The quantitative estimate of drug-likeness (QED) is 0.780. The van der Waals surface area contributed by atoms with Crippen LogP contribution in [0.5, 0.6) is 0 Å². The summed E-state index contributed by atoms with van der Waals surface area (Å²) in [6, 6.07) is 7.21. The van der Waals surface area contributed by atoms with E-state index in [2.05, 4.69) is 44.3 Å². The Morgan fingerprint density at radius 1 is 1.16 bits per heavy atom. The Labute approximate surface area is 118 Å². The lowest BCUT2D eigenvalue weighted by molar-refractivity contribution is 0.388. The van der Waals surface area contributed by atoms with Crippen molar-refractivity contribution in [3.8, 4) is 0 Å². The van der Waals surface area contributed by atoms with Crippen molar-refractivity contribution in [1.82, 2.24) is 5.32 Å². The summed E-state index contributed by atoms with van der Waals surface area (Å²) in [7, 11) is 0. The molecule has 1 atom stereocenters. The molecule has 2 rings (SSSR count). The van der Waals surface area contributed by atoms with Crippen molar-refractivity contribution in [2.45, 2.75) is 52.9 Å². The zero-order chi connectivity index (χ0) is 13.7. The summed E-state index contributed by atoms with van der Waals surface area (Å²) in [5.41, 5.74) is 4.75. The highest BCUT2D eigenvalue weighted by atomic mass is 14.8. The van der Waals surface area contributed by atoms with Crippen LogP contribution in [-0.4, -0.2) is 13.1 Å². The molecule has 0 saturated carbocycles. The summed E-state index contributed by atoms with van der Waals surface area (Å²) >= 11 is 0. The summed E-state index contributed by atoms with van der Waals surface area (Å²) in [6.45, 7) is 9.11. The van der Waals surface area contributed by atoms with Crippen molar-refractivity contribution in [2.24, 2.45) is 11.8 Å². The van der Waals surface area contributed by atoms with Gasteiger partial charge in [-0.2, -0.15) is 0 Å². The van der Waals surface area contributed by atoms with Gasteiger partial charge < -0.3 is 5.32 Å². The molecule has 0 fully saturated rings. The third kappa shape index (κ3) is 4.35. The molecule has 1 aliphatic rings. The minimum absolute atomic E-state index is 0.777. The maximum absolute atomic E-state index is 3.53. The molecule has 1 unspecified atom stereocenters. The van der Waals surface area contributed by atoms with Gasteiger partial charge in [-0.1, -0.05) is 39.0 Å². The Bertz CT molecular complexity index is 395. The molecule has 0 heterocycles. The molecule has 0 amide bonds. The highest BCUT2D eigenvalue weighted by Gasteiger charge is 2.14. The van der Waals surface area contributed by atoms with Gasteiger partial charge in [0.15, 0.2) is 0 Å². The minimum Gasteiger partial charge on any atom is -0.317 e. The standard InChI is InChI=1S/C18H29N/c1-4-19-13-16(10-14(2)3)11-15-8-9-17-6-5-7-18(17)12-15/h8-9,12,14,16,19H,4-7,10-11,13H2,1-3H3. The molecule has 1 nitrogen and oxygen atoms in total. The fourth-order valence-corrected chi connectivity index (χ4v) is 3.34. The molecule has 0 spiro atoms. The summed E-state index contributed by atoms with van der Waals surface area (Å²) in [4.78, 5) is 0. The molecule has 1 N–H and O–H groups in total. The van der Waals surface area contributed by atoms with Crippen LogP contribution in [-0.2, 0) is 19.3 Å². The lowest BCUT2D eigenvalue weighted by Gasteiger charge is -2.20. The Hall–Kier alpha value is -0.820. The van der Waals surface area contributed by atoms with Gasteiger partial charge in [-0.15, -0.1) is 0 Å². The largest absolute Gasteiger partial charge is 0.317 e. The molecule has 0 bridgehead atoms. The van der Waals surface area contributed by atoms with Crippen LogP contribution in [0.3, 0.4) is 0 Å². The van der Waals surface area contributed by atoms with E-state index in [4.69, 9.17) is 0 Å². The summed E-state index contributed by atoms with van der Waals surface area (Å²) < 4.78 is 0. The van der Waals surface area contributed by atoms with Crippen molar-refractivity contribution < 1.29 is 0 Å². The third-order valence-electron chi connectivity index (χ3n) is 4.18. The van der Waals surface area contributed by atoms with Gasteiger partial charge in [-0.25, -0.2) is 0 Å². The average Bonchev–Trinajstić information content (AvgIpc) is 2.82. The number of hydrogen-bond acceptors (Lipinski definition) is 1. The topological polar surface area (TPSA) is 12.0 Å². The first-order valence-corrected chi connectivity index (χ1v) is 8.00. The number of benzene rings is 1. The maximum Gasteiger partial charge on any atom is -0.00174 e. The van der Waals surface area contributed by atoms with Gasteiger partial charge >= 0.3 is 0 Å². The van der Waals surface area contributed by atoms with Gasteiger partial charge in [0.2, 0.25) is 0 Å². The summed E-state index contributed by atoms with van der Waals surface area (Å²) in [5, 5.41) is 3.53. The van der Waals surface area contributed by atoms with Crippen molar-refractivity contribution in [1.29, 1.82) is 0 Å². The maximum atomic E-state index is 3.53. The molecule has 0 aliphatic heterocycles. The van der Waals surface area contributed by atoms with Gasteiger partial charge in [0.05, 0.1) is 0 Å². The Morgan fingerprint density at radius 2 is 1.95 bits per heavy atom. The van der Waals surface area contributed by atoms with E-state index in [1.54, 1.807) is 16.7 Å². The second-order valence-electron chi connectivity index (χ2n) is 6.46. The molecule has 1 aromatic carbocycles. The van der Waals surface area contributed by atoms with E-state index in [1.807, 2.05) is 0 Å². The lowest BCUT2D eigenvalue weighted by atomic mass is 9.90. The van der Waals surface area contributed by atoms with Crippen LogP contribution in [0.4, 0.5) is 0 Å². The van der Waals surface area contributed by atoms with Crippen molar-refractivity contribution >= 4 is 0 Å². The normalized spacial score (nSPS) is 15.8. The molecular weight excluding hydrogens is 230 g/mol. The lowest BCUT2D eigenvalue weighted by Crippen LogP contribution is -2.25. The predicted octanol–water partition coefficient (Wildman–Crippen LogP) is 3.99. The average molecular weight is 259 g/mol. The van der Waals surface area contributed by atoms with Gasteiger partial charge in [0, 0.05) is 0 Å². The summed E-state index contributed by atoms with van der Waals surface area (Å²) in [6.07, 6.45) is 6.50. The molecule has 0 aromatic heterocycles. The number of aryl methyl sites for hydroxylation is 2. The van der Waals surface area contributed by atoms with E-state index in [9.17, 15) is 0 Å². The van der Waals surface area contributed by atoms with Crippen LogP contribution < -0.4 is 5.32 Å². The molecule has 106 valence electrons. The molecule has 1 aromatic rings. The SMILES string of the molecule is CCNCC(Cc1ccc2c(c1)CCC2)CC(C)C. The molecule has 19 heavy (non-hydrogen) atoms. The molecule has 0 saturated heterocycles. The fourth-order valence-electron chi connectivity index (χ4n) is 3.34. The van der Waals surface area contributed by atoms with Gasteiger partial charge in [0.1, 0.15) is 0 Å². The van der Waals surface area contributed by atoms with E-state index in [-0.39, 0.29) is 0 Å². The van der Waals surface area contributed by atoms with Crippen LogP contribution in [0.1, 0.15) is 50.3 Å². The smallest absolute Gasteiger partial charge is 0.00174 e. The van der Waals surface area contributed by atoms with Crippen molar-refractivity contribution in [3.05, 3.63) is 34.9 Å². The zero-order valence-corrected chi connectivity index (χ0v) is 12.8. The Morgan fingerprint density at radius 3 is 2.68 bits per heavy atom. The predicted molar refractivity (Wildman–Crippen MR) is 83.7 cm³/mol. The van der Waals surface area contributed by atoms with Gasteiger partial charge in [-0.3, -0.25) is 0 Å². The van der Waals surface area contributed by atoms with Crippen LogP contribution in [0.2, 0.25) is 0 Å². The highest BCUT2D eigenvalue weighted by molar-refractivity contribution is 5.35. The summed E-state index contributed by atoms with van der Waals surface area (Å²) in [5.74, 6) is 1.57. The molecule has 0 radical (unpaired) electrons. The molecular formula is C18H29N. The minimum atomic E-state index is 0.777. The van der Waals surface area contributed by atoms with Crippen LogP contribution >= 0.6 is 0 Å². The number of rotatable bonds is 7. The van der Waals surface area contributed by atoms with E-state index in [0.717, 1.165) is 24.9 Å². The van der Waals surface area contributed by atoms with Crippen LogP contribution in [0.25, 0.3) is 0 Å².